The highest BCUT2D eigenvalue weighted by molar-refractivity contribution is 6.12. The Morgan fingerprint density at radius 1 is 1.34 bits per heavy atom. The van der Waals surface area contributed by atoms with E-state index in [2.05, 4.69) is 9.88 Å². The second kappa shape index (κ2) is 8.89. The third-order valence-corrected chi connectivity index (χ3v) is 5.24. The molecule has 6 nitrogen and oxygen atoms in total. The number of nitrogens with one attached hydrogen (secondary N) is 1. The SMILES string of the molecule is CC(=O)c1ccccc1NC(=O)/C(C#N)=C/c1cc(C)n(CC2CCCO2)c1C. The van der Waals surface area contributed by atoms with E-state index in [1.165, 1.54) is 6.92 Å². The van der Waals surface area contributed by atoms with Gasteiger partial charge in [0, 0.05) is 30.1 Å². The fourth-order valence-electron chi connectivity index (χ4n) is 3.64. The van der Waals surface area contributed by atoms with Gasteiger partial charge < -0.3 is 14.6 Å². The van der Waals surface area contributed by atoms with Crippen LogP contribution >= 0.6 is 0 Å². The Hall–Kier alpha value is -3.17. The molecule has 1 aromatic carbocycles. The molecule has 2 heterocycles. The van der Waals surface area contributed by atoms with Gasteiger partial charge in [-0.25, -0.2) is 0 Å². The molecule has 1 aromatic heterocycles. The van der Waals surface area contributed by atoms with Gasteiger partial charge in [-0.2, -0.15) is 5.26 Å². The highest BCUT2D eigenvalue weighted by Gasteiger charge is 2.19. The predicted octanol–water partition coefficient (Wildman–Crippen LogP) is 4.03. The number of amides is 1. The van der Waals surface area contributed by atoms with Gasteiger partial charge in [0.15, 0.2) is 5.78 Å². The molecule has 0 saturated carbocycles. The Kier molecular flexibility index (Phi) is 6.30. The molecule has 1 aliphatic heterocycles. The summed E-state index contributed by atoms with van der Waals surface area (Å²) in [5, 5.41) is 12.2. The van der Waals surface area contributed by atoms with E-state index in [-0.39, 0.29) is 17.5 Å². The Morgan fingerprint density at radius 3 is 2.76 bits per heavy atom. The van der Waals surface area contributed by atoms with Crippen LogP contribution in [-0.2, 0) is 16.1 Å². The number of ketones is 1. The zero-order valence-electron chi connectivity index (χ0n) is 17.0. The quantitative estimate of drug-likeness (QED) is 0.458. The number of anilines is 1. The number of hydrogen-bond donors (Lipinski definition) is 1. The molecule has 1 saturated heterocycles. The van der Waals surface area contributed by atoms with E-state index in [0.29, 0.717) is 11.3 Å². The van der Waals surface area contributed by atoms with Crippen molar-refractivity contribution in [1.82, 2.24) is 4.57 Å². The number of hydrogen-bond acceptors (Lipinski definition) is 4. The lowest BCUT2D eigenvalue weighted by molar-refractivity contribution is -0.112. The average molecular weight is 391 g/mol. The van der Waals surface area contributed by atoms with Gasteiger partial charge in [0.05, 0.1) is 11.8 Å². The summed E-state index contributed by atoms with van der Waals surface area (Å²) in [6.45, 7) is 7.00. The van der Waals surface area contributed by atoms with Crippen molar-refractivity contribution in [2.24, 2.45) is 0 Å². The van der Waals surface area contributed by atoms with Crippen LogP contribution < -0.4 is 5.32 Å². The van der Waals surface area contributed by atoms with Gasteiger partial charge >= 0.3 is 0 Å². The van der Waals surface area contributed by atoms with Gasteiger partial charge in [-0.3, -0.25) is 9.59 Å². The molecule has 2 aromatic rings. The number of ether oxygens (including phenoxy) is 1. The van der Waals surface area contributed by atoms with Crippen molar-refractivity contribution >= 4 is 23.5 Å². The van der Waals surface area contributed by atoms with Gasteiger partial charge in [-0.05, 0) is 63.5 Å². The monoisotopic (exact) mass is 391 g/mol. The zero-order valence-corrected chi connectivity index (χ0v) is 17.0. The summed E-state index contributed by atoms with van der Waals surface area (Å²) >= 11 is 0. The summed E-state index contributed by atoms with van der Waals surface area (Å²) in [6, 6.07) is 10.7. The van der Waals surface area contributed by atoms with Gasteiger partial charge in [0.1, 0.15) is 11.6 Å². The number of aryl methyl sites for hydroxylation is 1. The van der Waals surface area contributed by atoms with Gasteiger partial charge in [0.25, 0.3) is 5.91 Å². The number of benzene rings is 1. The van der Waals surface area contributed by atoms with Gasteiger partial charge in [-0.15, -0.1) is 0 Å². The molecule has 1 N–H and O–H groups in total. The van der Waals surface area contributed by atoms with Gasteiger partial charge in [0.2, 0.25) is 0 Å². The molecule has 29 heavy (non-hydrogen) atoms. The Balaban J connectivity index is 1.84. The predicted molar refractivity (Wildman–Crippen MR) is 112 cm³/mol. The lowest BCUT2D eigenvalue weighted by atomic mass is 10.1. The summed E-state index contributed by atoms with van der Waals surface area (Å²) in [4.78, 5) is 24.4. The fraction of sp³-hybridized carbons (Fsp3) is 0.348. The van der Waals surface area contributed by atoms with Crippen LogP contribution in [0.15, 0.2) is 35.9 Å². The minimum atomic E-state index is -0.537. The van der Waals surface area contributed by atoms with Crippen molar-refractivity contribution in [1.29, 1.82) is 5.26 Å². The van der Waals surface area contributed by atoms with E-state index in [0.717, 1.165) is 42.9 Å². The van der Waals surface area contributed by atoms with Crippen LogP contribution in [0.5, 0.6) is 0 Å². The van der Waals surface area contributed by atoms with Crippen molar-refractivity contribution in [3.05, 3.63) is 58.4 Å². The molecule has 1 unspecified atom stereocenters. The van der Waals surface area contributed by atoms with Crippen molar-refractivity contribution < 1.29 is 14.3 Å². The normalized spacial score (nSPS) is 16.5. The minimum Gasteiger partial charge on any atom is -0.376 e. The van der Waals surface area contributed by atoms with Crippen LogP contribution in [0.25, 0.3) is 6.08 Å². The lowest BCUT2D eigenvalue weighted by Gasteiger charge is -2.14. The maximum Gasteiger partial charge on any atom is 0.266 e. The van der Waals surface area contributed by atoms with Crippen molar-refractivity contribution in [2.45, 2.75) is 46.3 Å². The molecule has 0 bridgehead atoms. The molecular weight excluding hydrogens is 366 g/mol. The second-order valence-electron chi connectivity index (χ2n) is 7.30. The molecule has 6 heteroatoms. The van der Waals surface area contributed by atoms with E-state index in [4.69, 9.17) is 4.74 Å². The van der Waals surface area contributed by atoms with E-state index in [1.807, 2.05) is 26.0 Å². The summed E-state index contributed by atoms with van der Waals surface area (Å²) in [6.07, 6.45) is 3.93. The molecule has 1 fully saturated rings. The van der Waals surface area contributed by atoms with Crippen molar-refractivity contribution in [3.8, 4) is 6.07 Å². The van der Waals surface area contributed by atoms with Gasteiger partial charge in [-0.1, -0.05) is 12.1 Å². The van der Waals surface area contributed by atoms with E-state index >= 15 is 0 Å². The molecule has 3 rings (SSSR count). The highest BCUT2D eigenvalue weighted by Crippen LogP contribution is 2.23. The highest BCUT2D eigenvalue weighted by atomic mass is 16.5. The first-order valence-corrected chi connectivity index (χ1v) is 9.72. The molecule has 0 radical (unpaired) electrons. The molecule has 0 spiro atoms. The van der Waals surface area contributed by atoms with Crippen LogP contribution in [0, 0.1) is 25.2 Å². The third-order valence-electron chi connectivity index (χ3n) is 5.24. The number of rotatable bonds is 6. The Labute approximate surface area is 170 Å². The van der Waals surface area contributed by atoms with E-state index < -0.39 is 5.91 Å². The first-order valence-electron chi connectivity index (χ1n) is 9.72. The fourth-order valence-corrected chi connectivity index (χ4v) is 3.64. The topological polar surface area (TPSA) is 84.1 Å². The summed E-state index contributed by atoms with van der Waals surface area (Å²) in [5.41, 5.74) is 3.67. The number of para-hydroxylation sites is 1. The largest absolute Gasteiger partial charge is 0.376 e. The summed E-state index contributed by atoms with van der Waals surface area (Å²) in [5.74, 6) is -0.689. The van der Waals surface area contributed by atoms with Crippen LogP contribution in [-0.4, -0.2) is 29.0 Å². The summed E-state index contributed by atoms with van der Waals surface area (Å²) < 4.78 is 7.90. The van der Waals surface area contributed by atoms with Crippen LogP contribution in [0.1, 0.15) is 47.1 Å². The average Bonchev–Trinajstić information content (AvgIpc) is 3.30. The zero-order chi connectivity index (χ0) is 21.0. The number of nitrogens with zero attached hydrogens (tertiary/aromatic N) is 2. The van der Waals surface area contributed by atoms with Crippen LogP contribution in [0.2, 0.25) is 0 Å². The molecule has 1 aliphatic rings. The molecule has 1 amide bonds. The lowest BCUT2D eigenvalue weighted by Crippen LogP contribution is -2.17. The van der Waals surface area contributed by atoms with Crippen molar-refractivity contribution in [3.63, 3.8) is 0 Å². The summed E-state index contributed by atoms with van der Waals surface area (Å²) in [7, 11) is 0. The second-order valence-corrected chi connectivity index (χ2v) is 7.30. The molecule has 0 aliphatic carbocycles. The first kappa shape index (κ1) is 20.6. The molecular formula is C23H25N3O3. The first-order chi connectivity index (χ1) is 13.9. The van der Waals surface area contributed by atoms with Crippen molar-refractivity contribution in [2.75, 3.05) is 11.9 Å². The molecule has 150 valence electrons. The Bertz CT molecular complexity index is 1000. The Morgan fingerprint density at radius 2 is 2.10 bits per heavy atom. The maximum absolute atomic E-state index is 12.7. The van der Waals surface area contributed by atoms with E-state index in [1.54, 1.807) is 30.3 Å². The number of aromatic nitrogens is 1. The minimum absolute atomic E-state index is 0.0132. The smallest absolute Gasteiger partial charge is 0.266 e. The van der Waals surface area contributed by atoms with Crippen LogP contribution in [0.3, 0.4) is 0 Å². The number of nitriles is 1. The molecule has 1 atom stereocenters. The standard InChI is InChI=1S/C23H25N3O3/c1-15-11-18(16(2)26(15)14-20-7-6-10-29-20)12-19(13-24)23(28)25-22-9-5-4-8-21(22)17(3)27/h4-5,8-9,11-12,20H,6-7,10,14H2,1-3H3,(H,25,28)/b19-12+. The number of Topliss-reactive ketones (excluding diaryl/α,β-unsaturated/α-hetero) is 1. The maximum atomic E-state index is 12.7. The number of carbonyl (C=O) groups excluding carboxylic acids is 2. The van der Waals surface area contributed by atoms with Crippen LogP contribution in [0.4, 0.5) is 5.69 Å². The third kappa shape index (κ3) is 4.64. The van der Waals surface area contributed by atoms with E-state index in [9.17, 15) is 14.9 Å². The number of carbonyl (C=O) groups is 2.